The van der Waals surface area contributed by atoms with E-state index in [1.165, 1.54) is 12.1 Å². The Morgan fingerprint density at radius 3 is 2.48 bits per heavy atom. The fraction of sp³-hybridized carbons (Fsp3) is 0.300. The van der Waals surface area contributed by atoms with Crippen molar-refractivity contribution >= 4 is 11.6 Å². The van der Waals surface area contributed by atoms with Gasteiger partial charge in [-0.1, -0.05) is 47.6 Å². The van der Waals surface area contributed by atoms with Gasteiger partial charge >= 0.3 is 0 Å². The van der Waals surface area contributed by atoms with E-state index in [0.29, 0.717) is 12.1 Å². The van der Waals surface area contributed by atoms with E-state index >= 15 is 0 Å². The molecule has 2 aromatic carbocycles. The summed E-state index contributed by atoms with van der Waals surface area (Å²) in [7, 11) is 0. The average molecular weight is 338 g/mol. The third-order valence-electron chi connectivity index (χ3n) is 5.06. The zero-order valence-corrected chi connectivity index (χ0v) is 13.7. The molecule has 1 aliphatic carbocycles. The first-order chi connectivity index (χ1) is 12.2. The molecule has 0 radical (unpaired) electrons. The summed E-state index contributed by atoms with van der Waals surface area (Å²) in [5.41, 5.74) is 1.93. The van der Waals surface area contributed by atoms with Gasteiger partial charge in [0.2, 0.25) is 0 Å². The van der Waals surface area contributed by atoms with E-state index in [0.717, 1.165) is 30.4 Å². The molecule has 1 aliphatic heterocycles. The minimum atomic E-state index is -0.419. The highest BCUT2D eigenvalue weighted by molar-refractivity contribution is 6.39. The fourth-order valence-electron chi connectivity index (χ4n) is 3.43. The van der Waals surface area contributed by atoms with Gasteiger partial charge in [0.25, 0.3) is 5.91 Å². The molecule has 4 rings (SSSR count). The molecule has 5 heteroatoms. The molecule has 0 spiro atoms. The van der Waals surface area contributed by atoms with E-state index < -0.39 is 5.54 Å². The van der Waals surface area contributed by atoms with Gasteiger partial charge in [0.15, 0.2) is 6.10 Å². The van der Waals surface area contributed by atoms with Gasteiger partial charge in [-0.2, -0.15) is 0 Å². The van der Waals surface area contributed by atoms with E-state index in [1.54, 1.807) is 12.1 Å². The number of nitrogens with zero attached hydrogens (tertiary/aromatic N) is 1. The predicted octanol–water partition coefficient (Wildman–Crippen LogP) is 3.84. The molecule has 0 saturated heterocycles. The quantitative estimate of drug-likeness (QED) is 0.921. The van der Waals surface area contributed by atoms with E-state index in [9.17, 15) is 9.18 Å². The van der Waals surface area contributed by atoms with Crippen molar-refractivity contribution in [3.05, 3.63) is 71.5 Å². The number of hydrogen-bond donors (Lipinski definition) is 1. The number of nitrogens with one attached hydrogen (secondary N) is 1. The lowest BCUT2D eigenvalue weighted by Gasteiger charge is -2.43. The standard InChI is InChI=1S/C20H19FN2O2/c21-16-9-7-15(8-10-16)20(11-4-12-20)22-19(24)17-13-18(25-23-17)14-5-2-1-3-6-14/h1-3,5-10,18H,4,11-13H2,(H,22,24). The maximum Gasteiger partial charge on any atom is 0.269 e. The highest BCUT2D eigenvalue weighted by Crippen LogP contribution is 2.41. The summed E-state index contributed by atoms with van der Waals surface area (Å²) >= 11 is 0. The zero-order chi connectivity index (χ0) is 17.3. The summed E-state index contributed by atoms with van der Waals surface area (Å²) in [6.07, 6.45) is 2.97. The maximum atomic E-state index is 13.2. The predicted molar refractivity (Wildman–Crippen MR) is 92.4 cm³/mol. The summed E-state index contributed by atoms with van der Waals surface area (Å²) in [4.78, 5) is 18.1. The lowest BCUT2D eigenvalue weighted by molar-refractivity contribution is -0.118. The molecule has 1 heterocycles. The number of amides is 1. The largest absolute Gasteiger partial charge is 0.387 e. The van der Waals surface area contributed by atoms with Gasteiger partial charge in [0.1, 0.15) is 11.5 Å². The van der Waals surface area contributed by atoms with Crippen LogP contribution in [0.4, 0.5) is 4.39 Å². The van der Waals surface area contributed by atoms with E-state index in [1.807, 2.05) is 30.3 Å². The van der Waals surface area contributed by atoms with Crippen molar-refractivity contribution in [3.63, 3.8) is 0 Å². The second-order valence-electron chi connectivity index (χ2n) is 6.64. The molecule has 2 aliphatic rings. The van der Waals surface area contributed by atoms with Crippen LogP contribution in [0.3, 0.4) is 0 Å². The van der Waals surface area contributed by atoms with E-state index in [-0.39, 0.29) is 17.8 Å². The second-order valence-corrected chi connectivity index (χ2v) is 6.64. The average Bonchev–Trinajstić information content (AvgIpc) is 3.10. The minimum absolute atomic E-state index is 0.206. The highest BCUT2D eigenvalue weighted by atomic mass is 19.1. The van der Waals surface area contributed by atoms with Crippen LogP contribution in [0.1, 0.15) is 42.9 Å². The Kier molecular flexibility index (Phi) is 3.99. The molecule has 128 valence electrons. The Labute approximate surface area is 145 Å². The number of rotatable bonds is 4. The molecular formula is C20H19FN2O2. The van der Waals surface area contributed by atoms with Crippen LogP contribution in [-0.2, 0) is 15.2 Å². The lowest BCUT2D eigenvalue weighted by atomic mass is 9.71. The number of hydrogen-bond acceptors (Lipinski definition) is 3. The molecule has 0 bridgehead atoms. The fourth-order valence-corrected chi connectivity index (χ4v) is 3.43. The first kappa shape index (κ1) is 15.8. The molecule has 1 unspecified atom stereocenters. The van der Waals surface area contributed by atoms with Gasteiger partial charge in [0, 0.05) is 6.42 Å². The van der Waals surface area contributed by atoms with Crippen LogP contribution in [-0.4, -0.2) is 11.6 Å². The van der Waals surface area contributed by atoms with Crippen LogP contribution in [0, 0.1) is 5.82 Å². The number of carbonyl (C=O) groups is 1. The Morgan fingerprint density at radius 2 is 1.84 bits per heavy atom. The van der Waals surface area contributed by atoms with E-state index in [4.69, 9.17) is 4.84 Å². The van der Waals surface area contributed by atoms with Gasteiger partial charge in [-0.25, -0.2) is 4.39 Å². The van der Waals surface area contributed by atoms with Crippen molar-refractivity contribution in [3.8, 4) is 0 Å². The number of oxime groups is 1. The van der Waals surface area contributed by atoms with Crippen molar-refractivity contribution in [2.24, 2.45) is 5.16 Å². The Hall–Kier alpha value is -2.69. The normalized spacial score (nSPS) is 21.0. The SMILES string of the molecule is O=C(NC1(c2ccc(F)cc2)CCC1)C1=NOC(c2ccccc2)C1. The summed E-state index contributed by atoms with van der Waals surface area (Å²) in [5.74, 6) is -0.480. The topological polar surface area (TPSA) is 50.7 Å². The molecule has 25 heavy (non-hydrogen) atoms. The summed E-state index contributed by atoms with van der Waals surface area (Å²) in [6.45, 7) is 0. The van der Waals surface area contributed by atoms with E-state index in [2.05, 4.69) is 10.5 Å². The van der Waals surface area contributed by atoms with Crippen LogP contribution < -0.4 is 5.32 Å². The van der Waals surface area contributed by atoms with Gasteiger partial charge < -0.3 is 10.2 Å². The van der Waals surface area contributed by atoms with Crippen LogP contribution >= 0.6 is 0 Å². The van der Waals surface area contributed by atoms with Crippen molar-refractivity contribution in [2.45, 2.75) is 37.3 Å². The smallest absolute Gasteiger partial charge is 0.269 e. The van der Waals surface area contributed by atoms with Crippen molar-refractivity contribution < 1.29 is 14.0 Å². The van der Waals surface area contributed by atoms with Crippen molar-refractivity contribution in [1.29, 1.82) is 0 Å². The summed E-state index contributed by atoms with van der Waals surface area (Å²) < 4.78 is 13.2. The third kappa shape index (κ3) is 3.02. The Morgan fingerprint density at radius 1 is 1.12 bits per heavy atom. The van der Waals surface area contributed by atoms with Crippen LogP contribution in [0.25, 0.3) is 0 Å². The summed E-state index contributed by atoms with van der Waals surface area (Å²) in [5, 5.41) is 7.10. The number of benzene rings is 2. The zero-order valence-electron chi connectivity index (χ0n) is 13.7. The second kappa shape index (κ2) is 6.31. The molecule has 1 N–H and O–H groups in total. The Bertz CT molecular complexity index is 798. The molecular weight excluding hydrogens is 319 g/mol. The molecule has 1 amide bonds. The van der Waals surface area contributed by atoms with Gasteiger partial charge in [-0.15, -0.1) is 0 Å². The van der Waals surface area contributed by atoms with Gasteiger partial charge in [-0.05, 0) is 42.5 Å². The number of carbonyl (C=O) groups excluding carboxylic acids is 1. The number of halogens is 1. The maximum absolute atomic E-state index is 13.2. The van der Waals surface area contributed by atoms with Crippen LogP contribution in [0.2, 0.25) is 0 Å². The molecule has 4 nitrogen and oxygen atoms in total. The van der Waals surface area contributed by atoms with Crippen LogP contribution in [0.5, 0.6) is 0 Å². The monoisotopic (exact) mass is 338 g/mol. The first-order valence-corrected chi connectivity index (χ1v) is 8.52. The molecule has 1 fully saturated rings. The minimum Gasteiger partial charge on any atom is -0.387 e. The highest BCUT2D eigenvalue weighted by Gasteiger charge is 2.41. The Balaban J connectivity index is 1.46. The molecule has 2 aromatic rings. The van der Waals surface area contributed by atoms with Gasteiger partial charge in [-0.3, -0.25) is 4.79 Å². The van der Waals surface area contributed by atoms with Crippen molar-refractivity contribution in [2.75, 3.05) is 0 Å². The van der Waals surface area contributed by atoms with Crippen LogP contribution in [0.15, 0.2) is 59.8 Å². The van der Waals surface area contributed by atoms with Crippen molar-refractivity contribution in [1.82, 2.24) is 5.32 Å². The summed E-state index contributed by atoms with van der Waals surface area (Å²) in [6, 6.07) is 16.1. The molecule has 1 atom stereocenters. The first-order valence-electron chi connectivity index (χ1n) is 8.52. The third-order valence-corrected chi connectivity index (χ3v) is 5.06. The molecule has 1 saturated carbocycles. The molecule has 0 aromatic heterocycles. The van der Waals surface area contributed by atoms with Gasteiger partial charge in [0.05, 0.1) is 5.54 Å². The lowest BCUT2D eigenvalue weighted by Crippen LogP contribution is -2.52.